The fraction of sp³-hybridized carbons (Fsp3) is 0.583. The molecule has 0 aliphatic heterocycles. The first kappa shape index (κ1) is 12.1. The summed E-state index contributed by atoms with van der Waals surface area (Å²) < 4.78 is 0. The smallest absolute Gasteiger partial charge is 0.0514 e. The Morgan fingerprint density at radius 3 is 2.47 bits per heavy atom. The molecule has 0 amide bonds. The molecule has 0 saturated carbocycles. The first-order chi connectivity index (χ1) is 7.00. The lowest BCUT2D eigenvalue weighted by Crippen LogP contribution is -2.48. The van der Waals surface area contributed by atoms with Gasteiger partial charge < -0.3 is 10.2 Å². The number of hydrogen-bond acceptors (Lipinski definition) is 3. The van der Waals surface area contributed by atoms with Gasteiger partial charge in [0.25, 0.3) is 0 Å². The highest BCUT2D eigenvalue weighted by atomic mass is 15.2. The normalized spacial score (nSPS) is 14.3. The predicted octanol–water partition coefficient (Wildman–Crippen LogP) is 1.68. The van der Waals surface area contributed by atoms with Gasteiger partial charge in [-0.05, 0) is 46.6 Å². The van der Waals surface area contributed by atoms with E-state index in [9.17, 15) is 0 Å². The Morgan fingerprint density at radius 2 is 2.07 bits per heavy atom. The van der Waals surface area contributed by atoms with Crippen molar-refractivity contribution in [2.75, 3.05) is 21.1 Å². The molecule has 84 valence electrons. The van der Waals surface area contributed by atoms with E-state index in [1.165, 1.54) is 5.56 Å². The number of nitrogens with one attached hydrogen (secondary N) is 1. The Labute approximate surface area is 92.5 Å². The first-order valence-corrected chi connectivity index (χ1v) is 5.24. The third-order valence-electron chi connectivity index (χ3n) is 3.17. The van der Waals surface area contributed by atoms with Crippen LogP contribution in [0.2, 0.25) is 0 Å². The van der Waals surface area contributed by atoms with E-state index in [2.05, 4.69) is 49.2 Å². The molecule has 3 nitrogen and oxygen atoms in total. The van der Waals surface area contributed by atoms with Gasteiger partial charge in [0.05, 0.1) is 6.04 Å². The molecule has 1 aromatic heterocycles. The molecule has 1 heterocycles. The minimum Gasteiger partial charge on any atom is -0.311 e. The lowest BCUT2D eigenvalue weighted by molar-refractivity contribution is 0.142. The van der Waals surface area contributed by atoms with Gasteiger partial charge >= 0.3 is 0 Å². The van der Waals surface area contributed by atoms with Gasteiger partial charge in [-0.2, -0.15) is 0 Å². The fourth-order valence-electron chi connectivity index (χ4n) is 1.73. The van der Waals surface area contributed by atoms with Crippen LogP contribution < -0.4 is 5.32 Å². The zero-order valence-corrected chi connectivity index (χ0v) is 10.3. The lowest BCUT2D eigenvalue weighted by atomic mass is 9.88. The van der Waals surface area contributed by atoms with Crippen molar-refractivity contribution in [1.29, 1.82) is 0 Å². The summed E-state index contributed by atoms with van der Waals surface area (Å²) in [5.41, 5.74) is 1.27. The molecule has 0 spiro atoms. The third-order valence-corrected chi connectivity index (χ3v) is 3.17. The molecular weight excluding hydrogens is 186 g/mol. The number of aromatic nitrogens is 1. The van der Waals surface area contributed by atoms with Crippen LogP contribution >= 0.6 is 0 Å². The van der Waals surface area contributed by atoms with Gasteiger partial charge in [0.2, 0.25) is 0 Å². The highest BCUT2D eigenvalue weighted by Gasteiger charge is 2.31. The largest absolute Gasteiger partial charge is 0.311 e. The van der Waals surface area contributed by atoms with E-state index >= 15 is 0 Å². The molecular formula is C12H21N3. The summed E-state index contributed by atoms with van der Waals surface area (Å²) in [6.07, 6.45) is 3.73. The third kappa shape index (κ3) is 2.55. The number of rotatable bonds is 4. The highest BCUT2D eigenvalue weighted by Crippen LogP contribution is 2.28. The van der Waals surface area contributed by atoms with E-state index < -0.39 is 0 Å². The second kappa shape index (κ2) is 4.73. The van der Waals surface area contributed by atoms with Crippen LogP contribution in [0.15, 0.2) is 24.5 Å². The molecule has 0 aliphatic carbocycles. The van der Waals surface area contributed by atoms with Crippen LogP contribution in [-0.4, -0.2) is 36.6 Å². The van der Waals surface area contributed by atoms with Crippen molar-refractivity contribution < 1.29 is 0 Å². The van der Waals surface area contributed by atoms with Crippen LogP contribution in [0.3, 0.4) is 0 Å². The SMILES string of the molecule is CNC(c1cccnc1)C(C)(C)N(C)C. The summed E-state index contributed by atoms with van der Waals surface area (Å²) in [6, 6.07) is 4.37. The molecule has 0 aliphatic rings. The van der Waals surface area contributed by atoms with E-state index in [0.29, 0.717) is 0 Å². The van der Waals surface area contributed by atoms with Crippen molar-refractivity contribution in [2.24, 2.45) is 0 Å². The number of hydrogen-bond donors (Lipinski definition) is 1. The van der Waals surface area contributed by atoms with Gasteiger partial charge in [0.1, 0.15) is 0 Å². The van der Waals surface area contributed by atoms with Crippen molar-refractivity contribution in [3.8, 4) is 0 Å². The van der Waals surface area contributed by atoms with Gasteiger partial charge in [-0.15, -0.1) is 0 Å². The monoisotopic (exact) mass is 207 g/mol. The summed E-state index contributed by atoms with van der Waals surface area (Å²) >= 11 is 0. The molecule has 15 heavy (non-hydrogen) atoms. The van der Waals surface area contributed by atoms with Crippen LogP contribution in [-0.2, 0) is 0 Å². The predicted molar refractivity (Wildman–Crippen MR) is 63.8 cm³/mol. The number of likely N-dealkylation sites (N-methyl/N-ethyl adjacent to an activating group) is 2. The molecule has 0 bridgehead atoms. The fourth-order valence-corrected chi connectivity index (χ4v) is 1.73. The average molecular weight is 207 g/mol. The van der Waals surface area contributed by atoms with Gasteiger partial charge in [-0.1, -0.05) is 6.07 Å². The number of pyridine rings is 1. The van der Waals surface area contributed by atoms with Gasteiger partial charge in [0, 0.05) is 17.9 Å². The van der Waals surface area contributed by atoms with E-state index in [1.807, 2.05) is 19.3 Å². The van der Waals surface area contributed by atoms with Crippen LogP contribution in [0.1, 0.15) is 25.5 Å². The molecule has 0 aromatic carbocycles. The quantitative estimate of drug-likeness (QED) is 0.814. The maximum atomic E-state index is 4.17. The molecule has 1 N–H and O–H groups in total. The molecule has 3 heteroatoms. The lowest BCUT2D eigenvalue weighted by Gasteiger charge is -2.40. The van der Waals surface area contributed by atoms with Gasteiger partial charge in [0.15, 0.2) is 0 Å². The molecule has 1 aromatic rings. The van der Waals surface area contributed by atoms with Gasteiger partial charge in [-0.3, -0.25) is 4.98 Å². The standard InChI is InChI=1S/C12H21N3/c1-12(2,15(4)5)11(13-3)10-7-6-8-14-9-10/h6-9,11,13H,1-5H3. The van der Waals surface area contributed by atoms with Crippen molar-refractivity contribution in [1.82, 2.24) is 15.2 Å². The molecule has 1 unspecified atom stereocenters. The Kier molecular flexibility index (Phi) is 3.83. The second-order valence-corrected chi connectivity index (χ2v) is 4.56. The maximum absolute atomic E-state index is 4.17. The zero-order chi connectivity index (χ0) is 11.5. The zero-order valence-electron chi connectivity index (χ0n) is 10.3. The van der Waals surface area contributed by atoms with Crippen LogP contribution in [0.25, 0.3) is 0 Å². The second-order valence-electron chi connectivity index (χ2n) is 4.56. The van der Waals surface area contributed by atoms with Crippen molar-refractivity contribution in [3.05, 3.63) is 30.1 Å². The Bertz CT molecular complexity index is 293. The van der Waals surface area contributed by atoms with Crippen LogP contribution in [0, 0.1) is 0 Å². The molecule has 0 saturated heterocycles. The van der Waals surface area contributed by atoms with Crippen LogP contribution in [0.4, 0.5) is 0 Å². The maximum Gasteiger partial charge on any atom is 0.0514 e. The minimum atomic E-state index is 0.0534. The van der Waals surface area contributed by atoms with E-state index in [1.54, 1.807) is 6.20 Å². The molecule has 1 rings (SSSR count). The molecule has 1 atom stereocenters. The van der Waals surface area contributed by atoms with E-state index in [4.69, 9.17) is 0 Å². The summed E-state index contributed by atoms with van der Waals surface area (Å²) in [4.78, 5) is 6.39. The molecule has 0 fully saturated rings. The van der Waals surface area contributed by atoms with Crippen LogP contribution in [0.5, 0.6) is 0 Å². The topological polar surface area (TPSA) is 28.2 Å². The molecule has 0 radical (unpaired) electrons. The Morgan fingerprint density at radius 1 is 1.40 bits per heavy atom. The first-order valence-electron chi connectivity index (χ1n) is 5.24. The average Bonchev–Trinajstić information content (AvgIpc) is 2.19. The summed E-state index contributed by atoms with van der Waals surface area (Å²) in [5, 5.41) is 3.36. The Hall–Kier alpha value is -0.930. The van der Waals surface area contributed by atoms with E-state index in [-0.39, 0.29) is 11.6 Å². The summed E-state index contributed by atoms with van der Waals surface area (Å²) in [7, 11) is 6.18. The van der Waals surface area contributed by atoms with Crippen molar-refractivity contribution in [2.45, 2.75) is 25.4 Å². The summed E-state index contributed by atoms with van der Waals surface area (Å²) in [6.45, 7) is 4.45. The van der Waals surface area contributed by atoms with Crippen molar-refractivity contribution in [3.63, 3.8) is 0 Å². The van der Waals surface area contributed by atoms with Crippen molar-refractivity contribution >= 4 is 0 Å². The van der Waals surface area contributed by atoms with Gasteiger partial charge in [-0.25, -0.2) is 0 Å². The Balaban J connectivity index is 2.99. The summed E-state index contributed by atoms with van der Waals surface area (Å²) in [5.74, 6) is 0. The minimum absolute atomic E-state index is 0.0534. The number of nitrogens with zero attached hydrogens (tertiary/aromatic N) is 2. The van der Waals surface area contributed by atoms with E-state index in [0.717, 1.165) is 0 Å². The highest BCUT2D eigenvalue weighted by molar-refractivity contribution is 5.18.